The van der Waals surface area contributed by atoms with E-state index in [1.54, 1.807) is 6.07 Å². The number of rotatable bonds is 6. The lowest BCUT2D eigenvalue weighted by atomic mass is 10.0. The summed E-state index contributed by atoms with van der Waals surface area (Å²) in [7, 11) is 0. The molecular formula is C26H29N3O4. The summed E-state index contributed by atoms with van der Waals surface area (Å²) in [6.07, 6.45) is -0.0789. The number of benzene rings is 2. The Morgan fingerprint density at radius 1 is 1.15 bits per heavy atom. The average Bonchev–Trinajstić information content (AvgIpc) is 2.84. The molecule has 1 aliphatic heterocycles. The van der Waals surface area contributed by atoms with E-state index >= 15 is 0 Å². The smallest absolute Gasteiger partial charge is 0.252 e. The van der Waals surface area contributed by atoms with Gasteiger partial charge in [0, 0.05) is 18.5 Å². The van der Waals surface area contributed by atoms with E-state index in [-0.39, 0.29) is 25.0 Å². The molecule has 172 valence electrons. The van der Waals surface area contributed by atoms with E-state index in [9.17, 15) is 9.59 Å². The number of hydrogen-bond donors (Lipinski definition) is 2. The number of pyridine rings is 1. The molecule has 0 unspecified atom stereocenters. The molecule has 1 saturated heterocycles. The number of aromatic nitrogens is 1. The monoisotopic (exact) mass is 447 g/mol. The van der Waals surface area contributed by atoms with Gasteiger partial charge in [-0.25, -0.2) is 4.98 Å². The van der Waals surface area contributed by atoms with Crippen LogP contribution in [-0.4, -0.2) is 59.7 Å². The maximum atomic E-state index is 13.0. The van der Waals surface area contributed by atoms with Crippen molar-refractivity contribution in [2.75, 3.05) is 32.8 Å². The zero-order chi connectivity index (χ0) is 23.4. The Bertz CT molecular complexity index is 1180. The van der Waals surface area contributed by atoms with Crippen LogP contribution in [0, 0.1) is 13.8 Å². The van der Waals surface area contributed by atoms with Crippen molar-refractivity contribution in [2.45, 2.75) is 26.4 Å². The number of ether oxygens (including phenoxy) is 1. The van der Waals surface area contributed by atoms with Gasteiger partial charge in [-0.2, -0.15) is 0 Å². The summed E-state index contributed by atoms with van der Waals surface area (Å²) in [6, 6.07) is 15.3. The standard InChI is InChI=1S/C26H29N3O4/c1-17-7-8-19(13-18(17)2)14-25(31)29-10-12-33-24(16-29)23-15-21(26(32)27-9-11-30)20-5-3-4-6-22(20)28-23/h3-8,13,15,24,30H,9-12,14,16H2,1-2H3,(H,27,32)/t24-/m1/s1. The molecule has 0 spiro atoms. The maximum Gasteiger partial charge on any atom is 0.252 e. The van der Waals surface area contributed by atoms with Gasteiger partial charge in [-0.1, -0.05) is 36.4 Å². The largest absolute Gasteiger partial charge is 0.395 e. The molecule has 0 aliphatic carbocycles. The summed E-state index contributed by atoms with van der Waals surface area (Å²) in [6.45, 7) is 5.46. The van der Waals surface area contributed by atoms with Crippen molar-refractivity contribution in [1.82, 2.24) is 15.2 Å². The lowest BCUT2D eigenvalue weighted by Gasteiger charge is -2.33. The van der Waals surface area contributed by atoms with Crippen LogP contribution in [0.15, 0.2) is 48.5 Å². The summed E-state index contributed by atoms with van der Waals surface area (Å²) < 4.78 is 5.97. The van der Waals surface area contributed by atoms with Gasteiger partial charge in [0.15, 0.2) is 0 Å². The van der Waals surface area contributed by atoms with Crippen LogP contribution in [-0.2, 0) is 16.0 Å². The molecule has 4 rings (SSSR count). The van der Waals surface area contributed by atoms with Gasteiger partial charge in [0.2, 0.25) is 5.91 Å². The minimum Gasteiger partial charge on any atom is -0.395 e. The molecule has 3 aromatic rings. The summed E-state index contributed by atoms with van der Waals surface area (Å²) in [5, 5.41) is 12.5. The van der Waals surface area contributed by atoms with Crippen LogP contribution in [0.2, 0.25) is 0 Å². The second-order valence-electron chi connectivity index (χ2n) is 8.39. The SMILES string of the molecule is Cc1ccc(CC(=O)N2CCO[C@@H](c3cc(C(=O)NCCO)c4ccccc4n3)C2)cc1C. The van der Waals surface area contributed by atoms with E-state index in [1.807, 2.05) is 48.2 Å². The molecule has 7 nitrogen and oxygen atoms in total. The number of hydrogen-bond acceptors (Lipinski definition) is 5. The van der Waals surface area contributed by atoms with E-state index in [4.69, 9.17) is 14.8 Å². The Kier molecular flexibility index (Phi) is 7.01. The summed E-state index contributed by atoms with van der Waals surface area (Å²) in [5.41, 5.74) is 5.16. The second kappa shape index (κ2) is 10.1. The van der Waals surface area contributed by atoms with Crippen molar-refractivity contribution < 1.29 is 19.4 Å². The number of aliphatic hydroxyl groups is 1. The molecule has 1 aromatic heterocycles. The number of para-hydroxylation sites is 1. The number of carbonyl (C=O) groups is 2. The van der Waals surface area contributed by atoms with Crippen LogP contribution in [0.3, 0.4) is 0 Å². The van der Waals surface area contributed by atoms with Crippen LogP contribution in [0.25, 0.3) is 10.9 Å². The van der Waals surface area contributed by atoms with Gasteiger partial charge in [-0.15, -0.1) is 0 Å². The highest BCUT2D eigenvalue weighted by Crippen LogP contribution is 2.26. The van der Waals surface area contributed by atoms with Crippen LogP contribution in [0.4, 0.5) is 0 Å². The molecule has 2 heterocycles. The Hall–Kier alpha value is -3.29. The zero-order valence-corrected chi connectivity index (χ0v) is 19.0. The molecule has 7 heteroatoms. The predicted octanol–water partition coefficient (Wildman–Crippen LogP) is 2.72. The van der Waals surface area contributed by atoms with Crippen LogP contribution < -0.4 is 5.32 Å². The minimum absolute atomic E-state index is 0.0493. The van der Waals surface area contributed by atoms with Crippen molar-refractivity contribution in [1.29, 1.82) is 0 Å². The number of morpholine rings is 1. The molecule has 1 aliphatic rings. The highest BCUT2D eigenvalue weighted by Gasteiger charge is 2.27. The summed E-state index contributed by atoms with van der Waals surface area (Å²) in [4.78, 5) is 32.3. The quantitative estimate of drug-likeness (QED) is 0.606. The summed E-state index contributed by atoms with van der Waals surface area (Å²) in [5.74, 6) is -0.226. The third kappa shape index (κ3) is 5.21. The molecule has 0 bridgehead atoms. The number of carbonyl (C=O) groups excluding carboxylic acids is 2. The fourth-order valence-electron chi connectivity index (χ4n) is 4.07. The Labute approximate surface area is 193 Å². The third-order valence-corrected chi connectivity index (χ3v) is 6.05. The molecule has 2 aromatic carbocycles. The molecule has 0 saturated carbocycles. The lowest BCUT2D eigenvalue weighted by Crippen LogP contribution is -2.43. The number of nitrogens with zero attached hydrogens (tertiary/aromatic N) is 2. The van der Waals surface area contributed by atoms with Crippen molar-refractivity contribution in [3.05, 3.63) is 76.5 Å². The number of nitrogens with one attached hydrogen (secondary N) is 1. The number of aryl methyl sites for hydroxylation is 2. The highest BCUT2D eigenvalue weighted by molar-refractivity contribution is 6.06. The average molecular weight is 448 g/mol. The van der Waals surface area contributed by atoms with E-state index < -0.39 is 6.10 Å². The molecule has 1 atom stereocenters. The molecule has 0 radical (unpaired) electrons. The van der Waals surface area contributed by atoms with Crippen LogP contribution >= 0.6 is 0 Å². The van der Waals surface area contributed by atoms with Crippen molar-refractivity contribution >= 4 is 22.7 Å². The normalized spacial score (nSPS) is 16.1. The highest BCUT2D eigenvalue weighted by atomic mass is 16.5. The first-order valence-electron chi connectivity index (χ1n) is 11.2. The summed E-state index contributed by atoms with van der Waals surface area (Å²) >= 11 is 0. The number of fused-ring (bicyclic) bond motifs is 1. The lowest BCUT2D eigenvalue weighted by molar-refractivity contribution is -0.138. The van der Waals surface area contributed by atoms with Gasteiger partial charge >= 0.3 is 0 Å². The molecule has 2 N–H and O–H groups in total. The molecule has 33 heavy (non-hydrogen) atoms. The fraction of sp³-hybridized carbons (Fsp3) is 0.346. The van der Waals surface area contributed by atoms with Gasteiger partial charge in [-0.05, 0) is 42.7 Å². The molecule has 2 amide bonds. The van der Waals surface area contributed by atoms with Gasteiger partial charge in [-0.3, -0.25) is 9.59 Å². The second-order valence-corrected chi connectivity index (χ2v) is 8.39. The van der Waals surface area contributed by atoms with Crippen LogP contribution in [0.5, 0.6) is 0 Å². The Morgan fingerprint density at radius 2 is 1.97 bits per heavy atom. The van der Waals surface area contributed by atoms with Crippen molar-refractivity contribution in [3.63, 3.8) is 0 Å². The Balaban J connectivity index is 1.56. The van der Waals surface area contributed by atoms with Gasteiger partial charge in [0.1, 0.15) is 6.10 Å². The topological polar surface area (TPSA) is 91.8 Å². The molecule has 1 fully saturated rings. The van der Waals surface area contributed by atoms with E-state index in [0.29, 0.717) is 42.9 Å². The predicted molar refractivity (Wildman–Crippen MR) is 126 cm³/mol. The zero-order valence-electron chi connectivity index (χ0n) is 19.0. The van der Waals surface area contributed by atoms with E-state index in [2.05, 4.69) is 18.3 Å². The van der Waals surface area contributed by atoms with Crippen molar-refractivity contribution in [2.24, 2.45) is 0 Å². The van der Waals surface area contributed by atoms with Gasteiger partial charge in [0.25, 0.3) is 5.91 Å². The first kappa shape index (κ1) is 22.9. The first-order valence-corrected chi connectivity index (χ1v) is 11.2. The van der Waals surface area contributed by atoms with Gasteiger partial charge in [0.05, 0.1) is 43.0 Å². The fourth-order valence-corrected chi connectivity index (χ4v) is 4.07. The van der Waals surface area contributed by atoms with E-state index in [0.717, 1.165) is 10.9 Å². The Morgan fingerprint density at radius 3 is 2.76 bits per heavy atom. The van der Waals surface area contributed by atoms with Gasteiger partial charge < -0.3 is 20.1 Å². The minimum atomic E-state index is -0.420. The molecular weight excluding hydrogens is 418 g/mol. The van der Waals surface area contributed by atoms with E-state index in [1.165, 1.54) is 11.1 Å². The maximum absolute atomic E-state index is 13.0. The first-order chi connectivity index (χ1) is 16.0. The van der Waals surface area contributed by atoms with Crippen LogP contribution in [0.1, 0.15) is 38.8 Å². The third-order valence-electron chi connectivity index (χ3n) is 6.05. The number of amides is 2. The number of aliphatic hydroxyl groups excluding tert-OH is 1. The van der Waals surface area contributed by atoms with Crippen molar-refractivity contribution in [3.8, 4) is 0 Å².